The van der Waals surface area contributed by atoms with Crippen molar-refractivity contribution in [3.8, 4) is 0 Å². The Morgan fingerprint density at radius 3 is 2.67 bits per heavy atom. The number of β-lactam (4-membered cyclic amide) rings is 1. The maximum atomic E-state index is 12.7. The van der Waals surface area contributed by atoms with Gasteiger partial charge < -0.3 is 27.5 Å². The summed E-state index contributed by atoms with van der Waals surface area (Å²) in [6, 6.07) is -0.381. The minimum atomic E-state index is -1.16. The van der Waals surface area contributed by atoms with Crippen LogP contribution in [0, 0.1) is 11.8 Å². The van der Waals surface area contributed by atoms with Crippen LogP contribution in [0.2, 0.25) is 0 Å². The van der Waals surface area contributed by atoms with Crippen molar-refractivity contribution in [2.45, 2.75) is 44.0 Å². The summed E-state index contributed by atoms with van der Waals surface area (Å²) in [5.74, 6) is -1.83. The molecule has 0 spiro atoms. The Kier molecular flexibility index (Phi) is 8.77. The summed E-state index contributed by atoms with van der Waals surface area (Å²) in [5, 5.41) is 28.1. The van der Waals surface area contributed by atoms with E-state index in [1.54, 1.807) is 6.92 Å². The first-order chi connectivity index (χ1) is 16.8. The minimum absolute atomic E-state index is 0. The lowest BCUT2D eigenvalue weighted by atomic mass is 9.77. The Morgan fingerprint density at radius 2 is 2.03 bits per heavy atom. The number of aliphatic hydroxyl groups is 1. The van der Waals surface area contributed by atoms with E-state index in [1.807, 2.05) is 28.4 Å². The second-order valence-electron chi connectivity index (χ2n) is 8.35. The molecule has 0 radical (unpaired) electrons. The number of rotatable bonds is 11. The van der Waals surface area contributed by atoms with E-state index >= 15 is 0 Å². The Morgan fingerprint density at radius 1 is 1.33 bits per heavy atom. The lowest BCUT2D eigenvalue weighted by molar-refractivity contribution is -0.729. The van der Waals surface area contributed by atoms with Crippen molar-refractivity contribution in [3.63, 3.8) is 0 Å². The number of hydrogen-bond acceptors (Lipinski definition) is 7. The van der Waals surface area contributed by atoms with E-state index in [4.69, 9.17) is 11.1 Å². The zero-order valence-corrected chi connectivity index (χ0v) is 21.8. The first-order valence-corrected chi connectivity index (χ1v) is 12.8. The van der Waals surface area contributed by atoms with Gasteiger partial charge in [-0.05, 0) is 24.4 Å². The second kappa shape index (κ2) is 11.4. The van der Waals surface area contributed by atoms with E-state index in [9.17, 15) is 19.8 Å². The highest BCUT2D eigenvalue weighted by molar-refractivity contribution is 7.99. The lowest BCUT2D eigenvalue weighted by Gasteiger charge is -2.46. The maximum Gasteiger partial charge on any atom is 0.352 e. The van der Waals surface area contributed by atoms with Crippen molar-refractivity contribution in [2.24, 2.45) is 22.1 Å². The zero-order valence-electron chi connectivity index (χ0n) is 19.4. The Hall–Kier alpha value is -2.93. The summed E-state index contributed by atoms with van der Waals surface area (Å²) < 4.78 is 3.96. The van der Waals surface area contributed by atoms with E-state index in [0.717, 1.165) is 14.7 Å². The van der Waals surface area contributed by atoms with Crippen molar-refractivity contribution in [2.75, 3.05) is 18.8 Å². The molecule has 36 heavy (non-hydrogen) atoms. The molecule has 2 aromatic heterocycles. The molecule has 2 N–H and O–H groups in total. The van der Waals surface area contributed by atoms with Gasteiger partial charge in [-0.2, -0.15) is 4.40 Å². The van der Waals surface area contributed by atoms with Gasteiger partial charge in [-0.25, -0.2) is 9.36 Å². The predicted molar refractivity (Wildman–Crippen MR) is 128 cm³/mol. The number of aliphatic carboxylic acids is 1. The fraction of sp³-hybridized carbons (Fsp3) is 0.550. The standard InChI is InChI=1S/C20H23N9O4S2.ClH/c1-10-13(16(20(32)33)29-15(10)14(11(2)30)17(29)31)12-8-28-9-27(6-3-4-23-25-21)18(19(28)35-12)34-7-5-24-26-22;/h8-11,14-15,30H,3-7H2,1-2H3;1H/t10-,11+,14+,15+;/m0./s1. The van der Waals surface area contributed by atoms with Crippen LogP contribution in [0.1, 0.15) is 25.1 Å². The number of imidazole rings is 1. The number of azide groups is 2. The summed E-state index contributed by atoms with van der Waals surface area (Å²) in [6.45, 7) is 4.75. The van der Waals surface area contributed by atoms with Gasteiger partial charge in [0.05, 0.1) is 29.5 Å². The quantitative estimate of drug-likeness (QED) is 0.0756. The number of carbonyl (C=O) groups is 2. The SMILES string of the molecule is C[C@@H](O)[C@H]1C(=O)N2C(C(=O)O)=C(c3cn4c[n+](CCCN=[N+]=[N-])c(SCCN=[N+]=[N-])c4s3)[C@H](C)[C@H]12.[Cl-]. The van der Waals surface area contributed by atoms with Gasteiger partial charge in [-0.1, -0.05) is 40.3 Å². The van der Waals surface area contributed by atoms with Crippen LogP contribution in [0.4, 0.5) is 0 Å². The molecule has 0 unspecified atom stereocenters. The van der Waals surface area contributed by atoms with E-state index in [0.29, 0.717) is 37.4 Å². The van der Waals surface area contributed by atoms with Gasteiger partial charge in [0.2, 0.25) is 15.8 Å². The van der Waals surface area contributed by atoms with Gasteiger partial charge in [0.25, 0.3) is 6.33 Å². The predicted octanol–water partition coefficient (Wildman–Crippen LogP) is 0.0483. The molecular weight excluding hydrogens is 530 g/mol. The van der Waals surface area contributed by atoms with Crippen molar-refractivity contribution in [1.82, 2.24) is 9.30 Å². The molecule has 4 rings (SSSR count). The van der Waals surface area contributed by atoms with Crippen LogP contribution >= 0.6 is 23.1 Å². The molecule has 2 aromatic rings. The highest BCUT2D eigenvalue weighted by Gasteiger charge is 2.60. The number of carboxylic acid groups (broad SMARTS) is 1. The topological polar surface area (TPSA) is 184 Å². The van der Waals surface area contributed by atoms with Crippen LogP contribution in [0.5, 0.6) is 0 Å². The molecule has 1 fully saturated rings. The van der Waals surface area contributed by atoms with Gasteiger partial charge >= 0.3 is 5.97 Å². The summed E-state index contributed by atoms with van der Waals surface area (Å²) in [5.41, 5.74) is 17.6. The molecule has 1 saturated heterocycles. The molecule has 13 nitrogen and oxygen atoms in total. The minimum Gasteiger partial charge on any atom is -1.00 e. The number of thiazole rings is 1. The highest BCUT2D eigenvalue weighted by Crippen LogP contribution is 2.51. The third-order valence-electron chi connectivity index (χ3n) is 6.26. The molecule has 0 saturated carbocycles. The number of halogens is 1. The van der Waals surface area contributed by atoms with Crippen LogP contribution in [-0.4, -0.2) is 62.4 Å². The van der Waals surface area contributed by atoms with Crippen LogP contribution in [0.25, 0.3) is 31.3 Å². The number of amides is 1. The van der Waals surface area contributed by atoms with Crippen LogP contribution in [0.15, 0.2) is 33.5 Å². The molecule has 4 atom stereocenters. The van der Waals surface area contributed by atoms with Gasteiger partial charge in [-0.3, -0.25) is 4.79 Å². The molecule has 192 valence electrons. The number of nitrogens with zero attached hydrogens (tertiary/aromatic N) is 9. The molecule has 1 amide bonds. The summed E-state index contributed by atoms with van der Waals surface area (Å²) >= 11 is 2.95. The first-order valence-electron chi connectivity index (χ1n) is 11.0. The fourth-order valence-electron chi connectivity index (χ4n) is 4.84. The number of aryl methyl sites for hydroxylation is 1. The Labute approximate surface area is 220 Å². The number of aliphatic hydroxyl groups excluding tert-OH is 1. The number of carbonyl (C=O) groups excluding carboxylic acids is 1. The smallest absolute Gasteiger partial charge is 0.352 e. The highest BCUT2D eigenvalue weighted by atomic mass is 35.5. The molecule has 2 aliphatic rings. The largest absolute Gasteiger partial charge is 1.00 e. The maximum absolute atomic E-state index is 12.7. The van der Waals surface area contributed by atoms with Gasteiger partial charge in [0.1, 0.15) is 11.9 Å². The number of hydrogen-bond donors (Lipinski definition) is 2. The fourth-order valence-corrected chi connectivity index (χ4v) is 7.22. The Bertz CT molecular complexity index is 1310. The third-order valence-corrected chi connectivity index (χ3v) is 8.62. The molecule has 4 heterocycles. The van der Waals surface area contributed by atoms with Gasteiger partial charge in [0.15, 0.2) is 0 Å². The summed E-state index contributed by atoms with van der Waals surface area (Å²) in [4.78, 5) is 33.4. The average Bonchev–Trinajstić information content (AvgIpc) is 3.42. The Balaban J connectivity index is 0.00000361. The second-order valence-corrected chi connectivity index (χ2v) is 10.5. The molecule has 0 aromatic carbocycles. The number of aromatic nitrogens is 2. The number of fused-ring (bicyclic) bond motifs is 2. The monoisotopic (exact) mass is 553 g/mol. The summed E-state index contributed by atoms with van der Waals surface area (Å²) in [6.07, 6.45) is 3.56. The van der Waals surface area contributed by atoms with Crippen molar-refractivity contribution < 1.29 is 36.8 Å². The third kappa shape index (κ3) is 4.73. The van der Waals surface area contributed by atoms with Crippen LogP contribution in [-0.2, 0) is 16.1 Å². The summed E-state index contributed by atoms with van der Waals surface area (Å²) in [7, 11) is 0. The van der Waals surface area contributed by atoms with Crippen LogP contribution in [0.3, 0.4) is 0 Å². The van der Waals surface area contributed by atoms with Crippen molar-refractivity contribution >= 4 is 45.4 Å². The van der Waals surface area contributed by atoms with Gasteiger partial charge in [-0.15, -0.1) is 0 Å². The van der Waals surface area contributed by atoms with Crippen LogP contribution < -0.4 is 17.0 Å². The van der Waals surface area contributed by atoms with Crippen molar-refractivity contribution in [3.05, 3.63) is 44.0 Å². The lowest BCUT2D eigenvalue weighted by Crippen LogP contribution is -3.00. The number of thioether (sulfide) groups is 1. The van der Waals surface area contributed by atoms with E-state index < -0.39 is 18.0 Å². The average molecular weight is 554 g/mol. The number of carboxylic acids is 1. The van der Waals surface area contributed by atoms with Gasteiger partial charge in [0, 0.05) is 40.2 Å². The molecular formula is C20H24ClN9O4S2. The van der Waals surface area contributed by atoms with E-state index in [-0.39, 0.29) is 36.0 Å². The molecule has 16 heteroatoms. The molecule has 2 aliphatic heterocycles. The normalized spacial score (nSPS) is 21.4. The first kappa shape index (κ1) is 27.7. The van der Waals surface area contributed by atoms with E-state index in [2.05, 4.69) is 20.1 Å². The zero-order chi connectivity index (χ0) is 25.3. The molecule has 0 aliphatic carbocycles. The molecule has 0 bridgehead atoms. The van der Waals surface area contributed by atoms with E-state index in [1.165, 1.54) is 28.0 Å². The van der Waals surface area contributed by atoms with Crippen molar-refractivity contribution in [1.29, 1.82) is 0 Å².